The van der Waals surface area contributed by atoms with Crippen molar-refractivity contribution in [3.8, 4) is 11.5 Å². The molecule has 0 radical (unpaired) electrons. The highest BCUT2D eigenvalue weighted by molar-refractivity contribution is 7.80. The van der Waals surface area contributed by atoms with Crippen LogP contribution in [-0.2, 0) is 18.5 Å². The van der Waals surface area contributed by atoms with E-state index in [1.165, 1.54) is 16.7 Å². The number of nitrogens with one attached hydrogen (secondary N) is 1. The van der Waals surface area contributed by atoms with Gasteiger partial charge in [-0.2, -0.15) is 0 Å². The second-order valence-electron chi connectivity index (χ2n) is 10.4. The zero-order valence-corrected chi connectivity index (χ0v) is 23.9. The first-order valence-corrected chi connectivity index (χ1v) is 14.6. The first-order chi connectivity index (χ1) is 20.7. The molecule has 0 aliphatic rings. The topological polar surface area (TPSA) is 64.3 Å². The lowest BCUT2D eigenvalue weighted by molar-refractivity contribution is 0.513. The van der Waals surface area contributed by atoms with Gasteiger partial charge in [-0.1, -0.05) is 109 Å². The number of nitrogens with zero attached hydrogens (tertiary/aromatic N) is 5. The molecule has 4 aromatic carbocycles. The van der Waals surface area contributed by atoms with Crippen molar-refractivity contribution in [2.24, 2.45) is 0 Å². The van der Waals surface area contributed by atoms with E-state index in [0.29, 0.717) is 5.16 Å². The number of benzene rings is 4. The number of para-hydroxylation sites is 1. The van der Waals surface area contributed by atoms with Crippen molar-refractivity contribution in [3.63, 3.8) is 0 Å². The first kappa shape index (κ1) is 26.0. The molecule has 0 bridgehead atoms. The highest BCUT2D eigenvalue weighted by atomic mass is 32.1. The van der Waals surface area contributed by atoms with Crippen molar-refractivity contribution in [1.29, 1.82) is 0 Å². The lowest BCUT2D eigenvalue weighted by Crippen LogP contribution is -2.36. The van der Waals surface area contributed by atoms with Crippen LogP contribution in [0, 0.1) is 0 Å². The molecule has 7 aromatic rings. The predicted octanol–water partition coefficient (Wildman–Crippen LogP) is 7.38. The molecule has 206 valence electrons. The van der Waals surface area contributed by atoms with Crippen LogP contribution in [0.2, 0.25) is 0 Å². The summed E-state index contributed by atoms with van der Waals surface area (Å²) in [6.45, 7) is 0.727. The minimum absolute atomic E-state index is 0.565. The third-order valence-electron chi connectivity index (χ3n) is 7.91. The molecule has 3 heterocycles. The Morgan fingerprint density at radius 2 is 1.31 bits per heavy atom. The first-order valence-electron chi connectivity index (χ1n) is 14.1. The van der Waals surface area contributed by atoms with Crippen LogP contribution in [0.5, 0.6) is 0 Å². The van der Waals surface area contributed by atoms with Crippen molar-refractivity contribution in [1.82, 2.24) is 29.3 Å². The highest BCUT2D eigenvalue weighted by Gasteiger charge is 2.38. The summed E-state index contributed by atoms with van der Waals surface area (Å²) in [7, 11) is 0. The summed E-state index contributed by atoms with van der Waals surface area (Å²) in [5.74, 6) is 0.790. The zero-order valence-electron chi connectivity index (χ0n) is 23.0. The number of aromatic nitrogens is 6. The van der Waals surface area contributed by atoms with Gasteiger partial charge in [0.2, 0.25) is 0 Å². The molecule has 7 heteroatoms. The van der Waals surface area contributed by atoms with Gasteiger partial charge in [-0.3, -0.25) is 0 Å². The van der Waals surface area contributed by atoms with E-state index in [9.17, 15) is 0 Å². The van der Waals surface area contributed by atoms with Gasteiger partial charge in [0.1, 0.15) is 5.54 Å². The molecule has 0 aliphatic carbocycles. The number of hydrogen-bond donors (Lipinski definition) is 2. The maximum atomic E-state index is 4.91. The van der Waals surface area contributed by atoms with Crippen LogP contribution in [0.25, 0.3) is 22.4 Å². The van der Waals surface area contributed by atoms with Gasteiger partial charge in [-0.05, 0) is 41.7 Å². The van der Waals surface area contributed by atoms with E-state index in [0.717, 1.165) is 47.5 Å². The van der Waals surface area contributed by atoms with Crippen molar-refractivity contribution < 1.29 is 0 Å². The van der Waals surface area contributed by atoms with Gasteiger partial charge in [0, 0.05) is 23.6 Å². The summed E-state index contributed by atoms with van der Waals surface area (Å²) < 4.78 is 4.33. The zero-order chi connectivity index (χ0) is 28.4. The van der Waals surface area contributed by atoms with E-state index in [1.807, 2.05) is 18.5 Å². The molecular formula is C35H30N6S. The van der Waals surface area contributed by atoms with Crippen molar-refractivity contribution in [2.75, 3.05) is 0 Å². The predicted molar refractivity (Wildman–Crippen MR) is 170 cm³/mol. The normalized spacial score (nSPS) is 11.7. The second kappa shape index (κ2) is 11.2. The van der Waals surface area contributed by atoms with Gasteiger partial charge in [0.15, 0.2) is 11.0 Å². The van der Waals surface area contributed by atoms with Gasteiger partial charge in [0.05, 0.1) is 17.7 Å². The lowest BCUT2D eigenvalue weighted by atomic mass is 9.77. The summed E-state index contributed by atoms with van der Waals surface area (Å²) in [4.78, 5) is 8.37. The van der Waals surface area contributed by atoms with Crippen LogP contribution in [0.15, 0.2) is 139 Å². The Balaban J connectivity index is 1.20. The molecular weight excluding hydrogens is 536 g/mol. The monoisotopic (exact) mass is 566 g/mol. The smallest absolute Gasteiger partial charge is 0.188 e. The average Bonchev–Trinajstić information content (AvgIpc) is 3.78. The number of imidazole rings is 1. The molecule has 6 nitrogen and oxygen atoms in total. The number of aromatic amines is 1. The number of fused-ring (bicyclic) bond motifs is 1. The number of thiol groups is 1. The third-order valence-corrected chi connectivity index (χ3v) is 8.25. The quantitative estimate of drug-likeness (QED) is 0.142. The molecule has 7 rings (SSSR count). The number of rotatable bonds is 9. The van der Waals surface area contributed by atoms with Gasteiger partial charge < -0.3 is 14.1 Å². The van der Waals surface area contributed by atoms with E-state index < -0.39 is 5.54 Å². The largest absolute Gasteiger partial charge is 0.352 e. The minimum atomic E-state index is -0.565. The Bertz CT molecular complexity index is 1790. The molecule has 3 aromatic heterocycles. The van der Waals surface area contributed by atoms with Gasteiger partial charge >= 0.3 is 0 Å². The van der Waals surface area contributed by atoms with E-state index >= 15 is 0 Å². The summed E-state index contributed by atoms with van der Waals surface area (Å²) in [6, 6.07) is 42.3. The fourth-order valence-electron chi connectivity index (χ4n) is 5.97. The minimum Gasteiger partial charge on any atom is -0.352 e. The molecule has 0 amide bonds. The standard InChI is InChI=1S/C35H30N6S/c42-34-39-38-33(32-23-26-13-10-11-21-31(26)37-32)41(34)22-12-20-30-24-40(25-36-30)35(27-14-4-1-5-15-27,28-16-6-2-7-17-28)29-18-8-3-9-19-29/h1-11,13-19,21,23-25,37H,12,20,22H2,(H,39,42). The van der Waals surface area contributed by atoms with E-state index in [4.69, 9.17) is 4.98 Å². The van der Waals surface area contributed by atoms with Crippen molar-refractivity contribution in [2.45, 2.75) is 30.1 Å². The fraction of sp³-hybridized carbons (Fsp3) is 0.114. The number of H-pyrrole nitrogens is 1. The maximum absolute atomic E-state index is 4.91. The van der Waals surface area contributed by atoms with Gasteiger partial charge in [-0.25, -0.2) is 4.98 Å². The van der Waals surface area contributed by atoms with Crippen molar-refractivity contribution >= 4 is 23.5 Å². The molecule has 0 saturated heterocycles. The average molecular weight is 567 g/mol. The van der Waals surface area contributed by atoms with Gasteiger partial charge in [-0.15, -0.1) is 22.8 Å². The van der Waals surface area contributed by atoms with Crippen LogP contribution in [-0.4, -0.2) is 29.3 Å². The summed E-state index contributed by atoms with van der Waals surface area (Å²) in [5, 5.41) is 10.4. The van der Waals surface area contributed by atoms with Crippen molar-refractivity contribution in [3.05, 3.63) is 156 Å². The fourth-order valence-corrected chi connectivity index (χ4v) is 6.21. The molecule has 1 N–H and O–H groups in total. The summed E-state index contributed by atoms with van der Waals surface area (Å²) >= 11 is 4.61. The molecule has 0 unspecified atom stereocenters. The van der Waals surface area contributed by atoms with E-state index in [2.05, 4.69) is 152 Å². The van der Waals surface area contributed by atoms with Crippen LogP contribution in [0.4, 0.5) is 0 Å². The van der Waals surface area contributed by atoms with E-state index in [1.54, 1.807) is 0 Å². The molecule has 0 fully saturated rings. The molecule has 0 atom stereocenters. The van der Waals surface area contributed by atoms with Crippen LogP contribution >= 0.6 is 12.6 Å². The van der Waals surface area contributed by atoms with E-state index in [-0.39, 0.29) is 0 Å². The number of hydrogen-bond acceptors (Lipinski definition) is 4. The second-order valence-corrected chi connectivity index (χ2v) is 10.8. The molecule has 42 heavy (non-hydrogen) atoms. The maximum Gasteiger partial charge on any atom is 0.188 e. The van der Waals surface area contributed by atoms with Gasteiger partial charge in [0.25, 0.3) is 0 Å². The molecule has 0 spiro atoms. The number of aryl methyl sites for hydroxylation is 1. The Hall–Kier alpha value is -4.88. The van der Waals surface area contributed by atoms with Crippen LogP contribution < -0.4 is 0 Å². The summed E-state index contributed by atoms with van der Waals surface area (Å²) in [6.07, 6.45) is 5.84. The Kier molecular flexibility index (Phi) is 6.93. The van der Waals surface area contributed by atoms with Crippen LogP contribution in [0.1, 0.15) is 28.8 Å². The lowest BCUT2D eigenvalue weighted by Gasteiger charge is -2.37. The Labute approximate surface area is 250 Å². The summed E-state index contributed by atoms with van der Waals surface area (Å²) in [5.41, 5.74) is 6.02. The van der Waals surface area contributed by atoms with Crippen LogP contribution in [0.3, 0.4) is 0 Å². The Morgan fingerprint density at radius 1 is 0.714 bits per heavy atom. The Morgan fingerprint density at radius 3 is 1.93 bits per heavy atom. The highest BCUT2D eigenvalue weighted by Crippen LogP contribution is 2.40. The molecule has 0 aliphatic heterocycles. The molecule has 0 saturated carbocycles. The third kappa shape index (κ3) is 4.62. The SMILES string of the molecule is Sc1nnc(-c2cc3ccccc3[nH]2)n1CCCc1cn(C(c2ccccc2)(c2ccccc2)c2ccccc2)cn1.